The number of aromatic amines is 1. The Morgan fingerprint density at radius 2 is 1.95 bits per heavy atom. The Balaban J connectivity index is 2.29. The molecule has 0 fully saturated rings. The Hall–Kier alpha value is -2.51. The van der Waals surface area contributed by atoms with Crippen LogP contribution in [0.2, 0.25) is 0 Å². The summed E-state index contributed by atoms with van der Waals surface area (Å²) in [5, 5.41) is 9.45. The quantitative estimate of drug-likeness (QED) is 0.856. The molecule has 0 aliphatic carbocycles. The Morgan fingerprint density at radius 1 is 1.32 bits per heavy atom. The third-order valence-electron chi connectivity index (χ3n) is 2.99. The highest BCUT2D eigenvalue weighted by atomic mass is 19.1. The van der Waals surface area contributed by atoms with E-state index in [1.165, 1.54) is 0 Å². The van der Waals surface area contributed by atoms with Gasteiger partial charge in [0, 0.05) is 5.56 Å². The Kier molecular flexibility index (Phi) is 4.69. The number of nitrogens with one attached hydrogen (secondary N) is 1. The van der Waals surface area contributed by atoms with Crippen molar-refractivity contribution >= 4 is 5.91 Å². The fourth-order valence-corrected chi connectivity index (χ4v) is 1.84. The van der Waals surface area contributed by atoms with Crippen LogP contribution in [0.3, 0.4) is 0 Å². The Bertz CT molecular complexity index is 662. The molecule has 1 amide bonds. The number of nitrogens with two attached hydrogens (primary N) is 1. The summed E-state index contributed by atoms with van der Waals surface area (Å²) in [5.74, 6) is -2.69. The van der Waals surface area contributed by atoms with Gasteiger partial charge in [0.05, 0.1) is 6.61 Å². The summed E-state index contributed by atoms with van der Waals surface area (Å²) in [6, 6.07) is 2.05. The summed E-state index contributed by atoms with van der Waals surface area (Å²) in [6.45, 7) is 4.17. The van der Waals surface area contributed by atoms with Gasteiger partial charge in [0.25, 0.3) is 5.91 Å². The van der Waals surface area contributed by atoms with Gasteiger partial charge in [0.1, 0.15) is 5.69 Å². The smallest absolute Gasteiger partial charge is 0.271 e. The molecule has 0 unspecified atom stereocenters. The number of hydrogen-bond donors (Lipinski definition) is 2. The van der Waals surface area contributed by atoms with Crippen molar-refractivity contribution in [2.24, 2.45) is 11.7 Å². The number of carbonyl (C=O) groups is 1. The summed E-state index contributed by atoms with van der Waals surface area (Å²) in [5.41, 5.74) is 4.97. The number of aromatic nitrogens is 3. The SMILES string of the molecule is CC(C)CCOc1c(F)cc(-c2n[nH]nc2C(N)=O)cc1F. The summed E-state index contributed by atoms with van der Waals surface area (Å²) in [7, 11) is 0. The fraction of sp³-hybridized carbons (Fsp3) is 0.357. The molecule has 118 valence electrons. The molecule has 1 aromatic carbocycles. The maximum Gasteiger partial charge on any atom is 0.271 e. The van der Waals surface area contributed by atoms with Crippen molar-refractivity contribution in [1.29, 1.82) is 0 Å². The number of ether oxygens (including phenoxy) is 1. The highest BCUT2D eigenvalue weighted by molar-refractivity contribution is 5.96. The second-order valence-corrected chi connectivity index (χ2v) is 5.19. The number of H-pyrrole nitrogens is 1. The van der Waals surface area contributed by atoms with Crippen molar-refractivity contribution in [2.75, 3.05) is 6.61 Å². The van der Waals surface area contributed by atoms with Gasteiger partial charge in [-0.2, -0.15) is 15.4 Å². The molecule has 2 aromatic rings. The van der Waals surface area contributed by atoms with Crippen LogP contribution in [0.5, 0.6) is 5.75 Å². The number of hydrogen-bond acceptors (Lipinski definition) is 4. The van der Waals surface area contributed by atoms with Gasteiger partial charge in [-0.1, -0.05) is 13.8 Å². The molecule has 0 radical (unpaired) electrons. The molecule has 6 nitrogen and oxygen atoms in total. The van der Waals surface area contributed by atoms with Crippen LogP contribution in [0.15, 0.2) is 12.1 Å². The Labute approximate surface area is 125 Å². The minimum atomic E-state index is -0.878. The molecule has 1 heterocycles. The third kappa shape index (κ3) is 3.38. The zero-order valence-corrected chi connectivity index (χ0v) is 12.2. The number of rotatable bonds is 6. The van der Waals surface area contributed by atoms with Gasteiger partial charge >= 0.3 is 0 Å². The average molecular weight is 310 g/mol. The predicted molar refractivity (Wildman–Crippen MR) is 75.2 cm³/mol. The molecule has 0 bridgehead atoms. The van der Waals surface area contributed by atoms with Gasteiger partial charge < -0.3 is 10.5 Å². The first-order valence-corrected chi connectivity index (χ1v) is 6.73. The van der Waals surface area contributed by atoms with E-state index in [0.29, 0.717) is 12.3 Å². The number of nitrogens with zero attached hydrogens (tertiary/aromatic N) is 2. The lowest BCUT2D eigenvalue weighted by Crippen LogP contribution is -2.13. The van der Waals surface area contributed by atoms with Gasteiger partial charge in [-0.05, 0) is 24.5 Å². The highest BCUT2D eigenvalue weighted by Crippen LogP contribution is 2.29. The van der Waals surface area contributed by atoms with Crippen molar-refractivity contribution in [3.63, 3.8) is 0 Å². The number of amides is 1. The molecular weight excluding hydrogens is 294 g/mol. The van der Waals surface area contributed by atoms with Crippen LogP contribution in [0, 0.1) is 17.6 Å². The minimum Gasteiger partial charge on any atom is -0.488 e. The molecule has 0 saturated carbocycles. The van der Waals surface area contributed by atoms with Crippen molar-refractivity contribution in [3.8, 4) is 17.0 Å². The average Bonchev–Trinajstić information content (AvgIpc) is 2.90. The largest absolute Gasteiger partial charge is 0.488 e. The number of primary amides is 1. The van der Waals surface area contributed by atoms with E-state index in [1.807, 2.05) is 13.8 Å². The standard InChI is InChI=1S/C14H16F2N4O2/c1-7(2)3-4-22-13-9(15)5-8(6-10(13)16)11-12(14(17)21)19-20-18-11/h5-7H,3-4H2,1-2H3,(H2,17,21)(H,18,19,20). The van der Waals surface area contributed by atoms with Crippen LogP contribution in [0.4, 0.5) is 8.78 Å². The predicted octanol–water partition coefficient (Wildman–Crippen LogP) is 2.27. The lowest BCUT2D eigenvalue weighted by atomic mass is 10.1. The lowest BCUT2D eigenvalue weighted by Gasteiger charge is -2.11. The summed E-state index contributed by atoms with van der Waals surface area (Å²) < 4.78 is 33.2. The Morgan fingerprint density at radius 3 is 2.50 bits per heavy atom. The molecule has 3 N–H and O–H groups in total. The first-order chi connectivity index (χ1) is 10.4. The molecule has 2 rings (SSSR count). The van der Waals surface area contributed by atoms with Crippen LogP contribution >= 0.6 is 0 Å². The first kappa shape index (κ1) is 15.9. The lowest BCUT2D eigenvalue weighted by molar-refractivity contribution is 0.0996. The normalized spacial score (nSPS) is 11.0. The second kappa shape index (κ2) is 6.50. The van der Waals surface area contributed by atoms with E-state index in [9.17, 15) is 13.6 Å². The molecular formula is C14H16F2N4O2. The van der Waals surface area contributed by atoms with Gasteiger partial charge in [-0.3, -0.25) is 4.79 Å². The van der Waals surface area contributed by atoms with Crippen LogP contribution in [-0.4, -0.2) is 27.9 Å². The minimum absolute atomic E-state index is 0.0148. The van der Waals surface area contributed by atoms with Crippen molar-refractivity contribution in [1.82, 2.24) is 15.4 Å². The van der Waals surface area contributed by atoms with Crippen LogP contribution in [0.1, 0.15) is 30.8 Å². The number of halogens is 2. The monoisotopic (exact) mass is 310 g/mol. The van der Waals surface area contributed by atoms with Gasteiger partial charge in [-0.25, -0.2) is 8.78 Å². The van der Waals surface area contributed by atoms with Crippen molar-refractivity contribution in [2.45, 2.75) is 20.3 Å². The van der Waals surface area contributed by atoms with E-state index >= 15 is 0 Å². The molecule has 0 spiro atoms. The van der Waals surface area contributed by atoms with Crippen molar-refractivity contribution in [3.05, 3.63) is 29.5 Å². The molecule has 1 aromatic heterocycles. The maximum atomic E-state index is 14.0. The van der Waals surface area contributed by atoms with Gasteiger partial charge in [0.2, 0.25) is 0 Å². The fourth-order valence-electron chi connectivity index (χ4n) is 1.84. The highest BCUT2D eigenvalue weighted by Gasteiger charge is 2.20. The molecule has 8 heteroatoms. The third-order valence-corrected chi connectivity index (χ3v) is 2.99. The van der Waals surface area contributed by atoms with Crippen LogP contribution in [-0.2, 0) is 0 Å². The van der Waals surface area contributed by atoms with E-state index < -0.39 is 23.3 Å². The molecule has 0 aliphatic rings. The van der Waals surface area contributed by atoms with E-state index in [0.717, 1.165) is 12.1 Å². The maximum absolute atomic E-state index is 14.0. The van der Waals surface area contributed by atoms with Crippen LogP contribution < -0.4 is 10.5 Å². The number of benzene rings is 1. The summed E-state index contributed by atoms with van der Waals surface area (Å²) in [6.07, 6.45) is 0.676. The zero-order chi connectivity index (χ0) is 16.3. The van der Waals surface area contributed by atoms with Crippen LogP contribution in [0.25, 0.3) is 11.3 Å². The topological polar surface area (TPSA) is 93.9 Å². The molecule has 0 saturated heterocycles. The van der Waals surface area contributed by atoms with Gasteiger partial charge in [-0.15, -0.1) is 0 Å². The van der Waals surface area contributed by atoms with E-state index in [-0.39, 0.29) is 23.6 Å². The summed E-state index contributed by atoms with van der Waals surface area (Å²) >= 11 is 0. The van der Waals surface area contributed by atoms with E-state index in [2.05, 4.69) is 15.4 Å². The van der Waals surface area contributed by atoms with E-state index in [4.69, 9.17) is 10.5 Å². The van der Waals surface area contributed by atoms with E-state index in [1.54, 1.807) is 0 Å². The number of carbonyl (C=O) groups excluding carboxylic acids is 1. The first-order valence-electron chi connectivity index (χ1n) is 6.73. The summed E-state index contributed by atoms with van der Waals surface area (Å²) in [4.78, 5) is 11.2. The van der Waals surface area contributed by atoms with Gasteiger partial charge in [0.15, 0.2) is 23.1 Å². The second-order valence-electron chi connectivity index (χ2n) is 5.19. The molecule has 0 atom stereocenters. The molecule has 0 aliphatic heterocycles. The van der Waals surface area contributed by atoms with Crippen molar-refractivity contribution < 1.29 is 18.3 Å². The zero-order valence-electron chi connectivity index (χ0n) is 12.2. The molecule has 22 heavy (non-hydrogen) atoms.